The van der Waals surface area contributed by atoms with Crippen molar-refractivity contribution in [1.29, 1.82) is 0 Å². The van der Waals surface area contributed by atoms with Crippen LogP contribution in [0.1, 0.15) is 18.4 Å². The third-order valence-corrected chi connectivity index (χ3v) is 5.76. The smallest absolute Gasteiger partial charge is 0.417 e. The second kappa shape index (κ2) is 5.84. The van der Waals surface area contributed by atoms with Gasteiger partial charge in [0.25, 0.3) is 0 Å². The van der Waals surface area contributed by atoms with E-state index in [1.165, 1.54) is 0 Å². The van der Waals surface area contributed by atoms with Crippen molar-refractivity contribution in [3.8, 4) is 0 Å². The zero-order valence-corrected chi connectivity index (χ0v) is 13.0. The van der Waals surface area contributed by atoms with Crippen molar-refractivity contribution >= 4 is 33.3 Å². The molecule has 1 heterocycles. The van der Waals surface area contributed by atoms with Gasteiger partial charge in [0.1, 0.15) is 10.9 Å². The fourth-order valence-corrected chi connectivity index (χ4v) is 4.47. The predicted octanol–water partition coefficient (Wildman–Crippen LogP) is 2.18. The lowest BCUT2D eigenvalue weighted by Gasteiger charge is -2.22. The number of nitrogen functional groups attached to an aromatic ring is 1. The van der Waals surface area contributed by atoms with E-state index in [0.717, 1.165) is 0 Å². The summed E-state index contributed by atoms with van der Waals surface area (Å²) in [6, 6.07) is -0.294. The van der Waals surface area contributed by atoms with Gasteiger partial charge in [0.05, 0.1) is 16.3 Å². The highest BCUT2D eigenvalue weighted by Gasteiger charge is 2.42. The molecule has 23 heavy (non-hydrogen) atoms. The van der Waals surface area contributed by atoms with Crippen LogP contribution in [0.25, 0.3) is 0 Å². The van der Waals surface area contributed by atoms with E-state index < -0.39 is 49.4 Å². The molecule has 1 atom stereocenters. The van der Waals surface area contributed by atoms with Crippen LogP contribution < -0.4 is 5.73 Å². The molecule has 3 N–H and O–H groups in total. The lowest BCUT2D eigenvalue weighted by Crippen LogP contribution is -2.40. The molecule has 0 aliphatic carbocycles. The first kappa shape index (κ1) is 17.8. The van der Waals surface area contributed by atoms with Crippen molar-refractivity contribution in [3.05, 3.63) is 22.7 Å². The third kappa shape index (κ3) is 3.24. The summed E-state index contributed by atoms with van der Waals surface area (Å²) in [7, 11) is -4.49. The van der Waals surface area contributed by atoms with Crippen LogP contribution in [0.3, 0.4) is 0 Å². The Morgan fingerprint density at radius 1 is 1.39 bits per heavy atom. The topological polar surface area (TPSA) is 101 Å². The number of rotatable bonds is 3. The maximum atomic E-state index is 12.9. The van der Waals surface area contributed by atoms with E-state index in [4.69, 9.17) is 22.4 Å². The number of nitrogens with two attached hydrogens (primary N) is 1. The SMILES string of the molecule is Nc1cc(Cl)c(C(F)(F)F)cc1S(=O)(=O)N1CCC[C@H]1C(=O)O. The summed E-state index contributed by atoms with van der Waals surface area (Å²) < 4.78 is 64.4. The second-order valence-corrected chi connectivity index (χ2v) is 7.25. The highest BCUT2D eigenvalue weighted by molar-refractivity contribution is 7.89. The summed E-state index contributed by atoms with van der Waals surface area (Å²) in [5, 5.41) is 8.32. The standard InChI is InChI=1S/C12H12ClF3N2O4S/c13-7-5-8(17)10(4-6(7)12(14,15)16)23(21,22)18-3-1-2-9(18)11(19)20/h4-5,9H,1-3,17H2,(H,19,20)/t9-/m0/s1. The van der Waals surface area contributed by atoms with Crippen LogP contribution in [-0.2, 0) is 21.0 Å². The molecule has 1 fully saturated rings. The largest absolute Gasteiger partial charge is 0.480 e. The van der Waals surface area contributed by atoms with E-state index in [1.807, 2.05) is 0 Å². The van der Waals surface area contributed by atoms with Gasteiger partial charge in [0, 0.05) is 6.54 Å². The van der Waals surface area contributed by atoms with E-state index in [0.29, 0.717) is 16.4 Å². The van der Waals surface area contributed by atoms with E-state index in [-0.39, 0.29) is 19.4 Å². The van der Waals surface area contributed by atoms with Gasteiger partial charge in [-0.25, -0.2) is 8.42 Å². The Balaban J connectivity index is 2.58. The summed E-state index contributed by atoms with van der Waals surface area (Å²) in [5.74, 6) is -1.37. The number of hydrogen-bond donors (Lipinski definition) is 2. The van der Waals surface area contributed by atoms with Gasteiger partial charge in [0.15, 0.2) is 0 Å². The van der Waals surface area contributed by atoms with Gasteiger partial charge in [-0.05, 0) is 25.0 Å². The average molecular weight is 373 g/mol. The Bertz CT molecular complexity index is 751. The van der Waals surface area contributed by atoms with E-state index >= 15 is 0 Å². The molecule has 0 spiro atoms. The first-order valence-electron chi connectivity index (χ1n) is 6.37. The van der Waals surface area contributed by atoms with Crippen LogP contribution in [-0.4, -0.2) is 36.4 Å². The van der Waals surface area contributed by atoms with Crippen LogP contribution in [0.4, 0.5) is 18.9 Å². The Hall–Kier alpha value is -1.52. The highest BCUT2D eigenvalue weighted by atomic mass is 35.5. The van der Waals surface area contributed by atoms with Crippen molar-refractivity contribution in [3.63, 3.8) is 0 Å². The fraction of sp³-hybridized carbons (Fsp3) is 0.417. The molecule has 1 aliphatic rings. The molecular formula is C12H12ClF3N2O4S. The molecule has 2 rings (SSSR count). The molecule has 11 heteroatoms. The van der Waals surface area contributed by atoms with Crippen LogP contribution in [0.2, 0.25) is 5.02 Å². The Morgan fingerprint density at radius 3 is 2.52 bits per heavy atom. The average Bonchev–Trinajstić information content (AvgIpc) is 2.86. The minimum atomic E-state index is -4.87. The van der Waals surface area contributed by atoms with Gasteiger partial charge in [-0.3, -0.25) is 4.79 Å². The number of anilines is 1. The first-order chi connectivity index (χ1) is 10.5. The number of aliphatic carboxylic acids is 1. The number of carbonyl (C=O) groups is 1. The Kier molecular flexibility index (Phi) is 4.53. The van der Waals surface area contributed by atoms with Gasteiger partial charge in [-0.2, -0.15) is 17.5 Å². The van der Waals surface area contributed by atoms with Crippen molar-refractivity contribution in [2.75, 3.05) is 12.3 Å². The second-order valence-electron chi connectivity index (χ2n) is 4.98. The van der Waals surface area contributed by atoms with Crippen molar-refractivity contribution < 1.29 is 31.5 Å². The summed E-state index contributed by atoms with van der Waals surface area (Å²) in [6.45, 7) is -0.108. The van der Waals surface area contributed by atoms with Crippen LogP contribution >= 0.6 is 11.6 Å². The molecule has 0 radical (unpaired) electrons. The van der Waals surface area contributed by atoms with Gasteiger partial charge in [-0.15, -0.1) is 0 Å². The van der Waals surface area contributed by atoms with Crippen LogP contribution in [0, 0.1) is 0 Å². The molecule has 1 saturated heterocycles. The van der Waals surface area contributed by atoms with Crippen LogP contribution in [0.15, 0.2) is 17.0 Å². The fourth-order valence-electron chi connectivity index (χ4n) is 2.41. The molecule has 0 saturated carbocycles. The summed E-state index contributed by atoms with van der Waals surface area (Å²) in [5.41, 5.74) is 3.68. The monoisotopic (exact) mass is 372 g/mol. The molecule has 0 amide bonds. The van der Waals surface area contributed by atoms with Crippen molar-refractivity contribution in [1.82, 2.24) is 4.31 Å². The number of nitrogens with zero attached hydrogens (tertiary/aromatic N) is 1. The molecule has 1 aromatic rings. The van der Waals surface area contributed by atoms with Gasteiger partial charge < -0.3 is 10.8 Å². The maximum absolute atomic E-state index is 12.9. The molecule has 1 aromatic carbocycles. The molecule has 128 valence electrons. The normalized spacial score (nSPS) is 19.9. The minimum absolute atomic E-state index is 0.0776. The van der Waals surface area contributed by atoms with Crippen molar-refractivity contribution in [2.45, 2.75) is 30.0 Å². The molecule has 1 aliphatic heterocycles. The quantitative estimate of drug-likeness (QED) is 0.792. The van der Waals surface area contributed by atoms with Gasteiger partial charge in [0.2, 0.25) is 10.0 Å². The number of halogens is 4. The molecule has 0 unspecified atom stereocenters. The third-order valence-electron chi connectivity index (χ3n) is 3.48. The zero-order chi connectivity index (χ0) is 17.6. The lowest BCUT2D eigenvalue weighted by atomic mass is 10.2. The zero-order valence-electron chi connectivity index (χ0n) is 11.5. The van der Waals surface area contributed by atoms with E-state index in [1.54, 1.807) is 0 Å². The number of carboxylic acid groups (broad SMARTS) is 1. The molecule has 0 aromatic heterocycles. The van der Waals surface area contributed by atoms with Crippen LogP contribution in [0.5, 0.6) is 0 Å². The molecule has 6 nitrogen and oxygen atoms in total. The van der Waals surface area contributed by atoms with E-state index in [2.05, 4.69) is 0 Å². The Labute approximate surface area is 134 Å². The Morgan fingerprint density at radius 2 is 2.00 bits per heavy atom. The summed E-state index contributed by atoms with van der Waals surface area (Å²) >= 11 is 5.47. The molecule has 0 bridgehead atoms. The van der Waals surface area contributed by atoms with E-state index in [9.17, 15) is 26.4 Å². The predicted molar refractivity (Wildman–Crippen MR) is 75.4 cm³/mol. The maximum Gasteiger partial charge on any atom is 0.417 e. The van der Waals surface area contributed by atoms with Crippen molar-refractivity contribution in [2.24, 2.45) is 0 Å². The highest BCUT2D eigenvalue weighted by Crippen LogP contribution is 2.39. The number of carboxylic acids is 1. The van der Waals surface area contributed by atoms with Gasteiger partial charge in [-0.1, -0.05) is 11.6 Å². The summed E-state index contributed by atoms with van der Waals surface area (Å²) in [6.07, 6.45) is -4.50. The summed E-state index contributed by atoms with van der Waals surface area (Å²) in [4.78, 5) is 10.3. The first-order valence-corrected chi connectivity index (χ1v) is 8.19. The minimum Gasteiger partial charge on any atom is -0.480 e. The number of alkyl halides is 3. The number of sulfonamides is 1. The van der Waals surface area contributed by atoms with Gasteiger partial charge >= 0.3 is 12.1 Å². The number of benzene rings is 1. The number of hydrogen-bond acceptors (Lipinski definition) is 4. The molecular weight excluding hydrogens is 361 g/mol. The lowest BCUT2D eigenvalue weighted by molar-refractivity contribution is -0.141.